The zero-order valence-corrected chi connectivity index (χ0v) is 18.4. The molecule has 2 atom stereocenters. The molecule has 32 heavy (non-hydrogen) atoms. The fourth-order valence-electron chi connectivity index (χ4n) is 3.83. The number of piperazine rings is 1. The summed E-state index contributed by atoms with van der Waals surface area (Å²) < 4.78 is 45.8. The number of carbonyl (C=O) groups is 1. The molecule has 2 fully saturated rings. The fourth-order valence-corrected chi connectivity index (χ4v) is 5.52. The lowest BCUT2D eigenvalue weighted by Crippen LogP contribution is -2.53. The van der Waals surface area contributed by atoms with Crippen LogP contribution in [-0.2, 0) is 14.8 Å². The highest BCUT2D eigenvalue weighted by molar-refractivity contribution is 7.89. The lowest BCUT2D eigenvalue weighted by atomic mass is 10.2. The molecule has 2 aromatic carbocycles. The van der Waals surface area contributed by atoms with Gasteiger partial charge < -0.3 is 15.0 Å². The monoisotopic (exact) mass is 463 g/mol. The van der Waals surface area contributed by atoms with Crippen molar-refractivity contribution in [1.29, 1.82) is 0 Å². The smallest absolute Gasteiger partial charge is 0.242 e. The number of halogens is 1. The number of rotatable bonds is 6. The van der Waals surface area contributed by atoms with Crippen molar-refractivity contribution in [2.75, 3.05) is 43.5 Å². The molecule has 0 bridgehead atoms. The van der Waals surface area contributed by atoms with E-state index in [1.807, 2.05) is 4.90 Å². The van der Waals surface area contributed by atoms with Crippen LogP contribution in [0.15, 0.2) is 48.5 Å². The maximum Gasteiger partial charge on any atom is 0.242 e. The molecule has 4 rings (SSSR count). The van der Waals surface area contributed by atoms with Crippen molar-refractivity contribution < 1.29 is 22.3 Å². The maximum atomic E-state index is 13.1. The van der Waals surface area contributed by atoms with E-state index in [0.29, 0.717) is 37.6 Å². The Balaban J connectivity index is 1.31. The van der Waals surface area contributed by atoms with Crippen molar-refractivity contribution in [2.24, 2.45) is 0 Å². The van der Waals surface area contributed by atoms with Gasteiger partial charge in [-0.05, 0) is 48.5 Å². The quantitative estimate of drug-likeness (QED) is 0.590. The Labute approximate surface area is 186 Å². The van der Waals surface area contributed by atoms with Gasteiger partial charge in [0.2, 0.25) is 15.9 Å². The minimum atomic E-state index is -3.65. The molecule has 2 aromatic rings. The first kappa shape index (κ1) is 22.5. The third kappa shape index (κ3) is 4.85. The number of hydrazine groups is 1. The average Bonchev–Trinajstić information content (AvgIpc) is 3.32. The van der Waals surface area contributed by atoms with E-state index >= 15 is 0 Å². The van der Waals surface area contributed by atoms with Gasteiger partial charge in [-0.2, -0.15) is 4.31 Å². The van der Waals surface area contributed by atoms with Crippen LogP contribution in [0, 0.1) is 5.82 Å². The van der Waals surface area contributed by atoms with Gasteiger partial charge in [-0.25, -0.2) is 23.7 Å². The first-order chi connectivity index (χ1) is 15.4. The topological polar surface area (TPSA) is 103 Å². The Morgan fingerprint density at radius 1 is 1.03 bits per heavy atom. The summed E-state index contributed by atoms with van der Waals surface area (Å²) in [6.45, 7) is 1.65. The third-order valence-corrected chi connectivity index (χ3v) is 7.81. The van der Waals surface area contributed by atoms with Gasteiger partial charge in [0.05, 0.1) is 7.11 Å². The van der Waals surface area contributed by atoms with E-state index in [1.165, 1.54) is 16.4 Å². The van der Waals surface area contributed by atoms with Crippen molar-refractivity contribution >= 4 is 27.3 Å². The normalized spacial score (nSPS) is 22.0. The summed E-state index contributed by atoms with van der Waals surface area (Å²) in [6, 6.07) is 12.4. The summed E-state index contributed by atoms with van der Waals surface area (Å²) in [7, 11) is -2.09. The number of hydrogen-bond acceptors (Lipinski definition) is 7. The zero-order chi connectivity index (χ0) is 22.7. The largest absolute Gasteiger partial charge is 0.497 e. The molecule has 2 aliphatic heterocycles. The first-order valence-electron chi connectivity index (χ1n) is 10.3. The van der Waals surface area contributed by atoms with Crippen LogP contribution in [-0.4, -0.2) is 63.3 Å². The molecule has 0 spiro atoms. The number of sulfonamides is 1. The molecule has 0 radical (unpaired) electrons. The van der Waals surface area contributed by atoms with E-state index in [4.69, 9.17) is 4.74 Å². The Morgan fingerprint density at radius 2 is 1.69 bits per heavy atom. The Morgan fingerprint density at radius 3 is 2.31 bits per heavy atom. The van der Waals surface area contributed by atoms with E-state index in [2.05, 4.69) is 16.2 Å². The second-order valence-corrected chi connectivity index (χ2v) is 9.81. The molecule has 9 nitrogen and oxygen atoms in total. The van der Waals surface area contributed by atoms with Crippen molar-refractivity contribution in [3.63, 3.8) is 0 Å². The standard InChI is InChI=1S/C21H26FN5O4S/c1-31-18-8-4-16(5-9-18)23-21(28)19-14-20(25-24-19)32(29,30)27-12-10-26(11-13-27)17-6-2-15(22)3-7-17/h2-9,19-20,24-25H,10-14H2,1H3,(H,23,28). The number of carbonyl (C=O) groups excluding carboxylic acids is 1. The summed E-state index contributed by atoms with van der Waals surface area (Å²) in [4.78, 5) is 14.6. The van der Waals surface area contributed by atoms with E-state index in [-0.39, 0.29) is 18.1 Å². The number of anilines is 2. The van der Waals surface area contributed by atoms with E-state index < -0.39 is 21.4 Å². The molecule has 0 aromatic heterocycles. The van der Waals surface area contributed by atoms with Gasteiger partial charge in [-0.15, -0.1) is 0 Å². The van der Waals surface area contributed by atoms with Gasteiger partial charge in [0.25, 0.3) is 0 Å². The molecular weight excluding hydrogens is 437 g/mol. The summed E-state index contributed by atoms with van der Waals surface area (Å²) in [6.07, 6.45) is 0.114. The molecule has 3 N–H and O–H groups in total. The SMILES string of the molecule is COc1ccc(NC(=O)C2CC(S(=O)(=O)N3CCN(c4ccc(F)cc4)CC3)NN2)cc1. The lowest BCUT2D eigenvalue weighted by molar-refractivity contribution is -0.117. The number of hydrogen-bond donors (Lipinski definition) is 3. The summed E-state index contributed by atoms with van der Waals surface area (Å²) in [5.74, 6) is 0.0520. The molecule has 2 heterocycles. The highest BCUT2D eigenvalue weighted by atomic mass is 32.2. The fraction of sp³-hybridized carbons (Fsp3) is 0.381. The van der Waals surface area contributed by atoms with E-state index in [0.717, 1.165) is 5.69 Å². The Hall–Kier alpha value is -2.73. The van der Waals surface area contributed by atoms with Crippen LogP contribution in [0.2, 0.25) is 0 Å². The average molecular weight is 464 g/mol. The number of benzene rings is 2. The number of nitrogens with one attached hydrogen (secondary N) is 3. The minimum absolute atomic E-state index is 0.114. The van der Waals surface area contributed by atoms with E-state index in [1.54, 1.807) is 43.5 Å². The van der Waals surface area contributed by atoms with Crippen molar-refractivity contribution in [1.82, 2.24) is 15.2 Å². The van der Waals surface area contributed by atoms with Gasteiger partial charge in [0, 0.05) is 44.0 Å². The molecule has 0 aliphatic carbocycles. The Bertz CT molecular complexity index is 1040. The highest BCUT2D eigenvalue weighted by Gasteiger charge is 2.41. The van der Waals surface area contributed by atoms with Gasteiger partial charge in [0.1, 0.15) is 23.0 Å². The number of ether oxygens (including phenoxy) is 1. The van der Waals surface area contributed by atoms with Crippen molar-refractivity contribution in [2.45, 2.75) is 17.8 Å². The molecule has 0 saturated carbocycles. The van der Waals surface area contributed by atoms with Crippen LogP contribution in [0.5, 0.6) is 5.75 Å². The van der Waals surface area contributed by atoms with Crippen LogP contribution < -0.4 is 25.8 Å². The van der Waals surface area contributed by atoms with Gasteiger partial charge >= 0.3 is 0 Å². The van der Waals surface area contributed by atoms with E-state index in [9.17, 15) is 17.6 Å². The molecule has 172 valence electrons. The molecular formula is C21H26FN5O4S. The predicted octanol–water partition coefficient (Wildman–Crippen LogP) is 1.12. The molecule has 2 aliphatic rings. The summed E-state index contributed by atoms with van der Waals surface area (Å²) >= 11 is 0. The second-order valence-electron chi connectivity index (χ2n) is 7.69. The van der Waals surface area contributed by atoms with Crippen LogP contribution in [0.25, 0.3) is 0 Å². The Kier molecular flexibility index (Phi) is 6.60. The van der Waals surface area contributed by atoms with Gasteiger partial charge in [0.15, 0.2) is 0 Å². The van der Waals surface area contributed by atoms with Gasteiger partial charge in [-0.3, -0.25) is 4.79 Å². The summed E-state index contributed by atoms with van der Waals surface area (Å²) in [5, 5.41) is 1.88. The van der Waals surface area contributed by atoms with Gasteiger partial charge in [-0.1, -0.05) is 0 Å². The van der Waals surface area contributed by atoms with Crippen molar-refractivity contribution in [3.05, 3.63) is 54.3 Å². The number of methoxy groups -OCH3 is 1. The van der Waals surface area contributed by atoms with Crippen LogP contribution >= 0.6 is 0 Å². The van der Waals surface area contributed by atoms with Crippen LogP contribution in [0.3, 0.4) is 0 Å². The van der Waals surface area contributed by atoms with Crippen LogP contribution in [0.1, 0.15) is 6.42 Å². The molecule has 2 unspecified atom stereocenters. The molecule has 1 amide bonds. The number of amides is 1. The highest BCUT2D eigenvalue weighted by Crippen LogP contribution is 2.22. The lowest BCUT2D eigenvalue weighted by Gasteiger charge is -2.36. The van der Waals surface area contributed by atoms with Crippen molar-refractivity contribution in [3.8, 4) is 5.75 Å². The maximum absolute atomic E-state index is 13.1. The zero-order valence-electron chi connectivity index (χ0n) is 17.6. The van der Waals surface area contributed by atoms with Crippen LogP contribution in [0.4, 0.5) is 15.8 Å². The predicted molar refractivity (Wildman–Crippen MR) is 119 cm³/mol. The summed E-state index contributed by atoms with van der Waals surface area (Å²) in [5.41, 5.74) is 7.02. The molecule has 2 saturated heterocycles. The second kappa shape index (κ2) is 9.41. The first-order valence-corrected chi connectivity index (χ1v) is 11.8. The third-order valence-electron chi connectivity index (χ3n) is 5.69. The molecule has 11 heteroatoms. The minimum Gasteiger partial charge on any atom is -0.497 e. The number of nitrogens with zero attached hydrogens (tertiary/aromatic N) is 2.